The van der Waals surface area contributed by atoms with Gasteiger partial charge in [0.05, 0.1) is 11.1 Å². The van der Waals surface area contributed by atoms with E-state index in [0.717, 1.165) is 17.4 Å². The first-order valence-corrected chi connectivity index (χ1v) is 5.22. The minimum absolute atomic E-state index is 0.0345. The minimum Gasteiger partial charge on any atom is -0.346 e. The third-order valence-corrected chi connectivity index (χ3v) is 2.74. The Morgan fingerprint density at radius 2 is 2.25 bits per heavy atom. The second-order valence-corrected chi connectivity index (χ2v) is 3.70. The fraction of sp³-hybridized carbons (Fsp3) is 0.231. The molecular weight excluding hydrogens is 200 g/mol. The van der Waals surface area contributed by atoms with E-state index in [2.05, 4.69) is 6.07 Å². The average Bonchev–Trinajstić information content (AvgIpc) is 2.67. The molecule has 0 fully saturated rings. The molecule has 0 amide bonds. The third-order valence-electron chi connectivity index (χ3n) is 2.74. The molecule has 0 atom stereocenters. The Hall–Kier alpha value is -2.08. The Kier molecular flexibility index (Phi) is 2.49. The molecule has 0 radical (unpaired) electrons. The van der Waals surface area contributed by atoms with Crippen LogP contribution in [0, 0.1) is 11.3 Å². The molecule has 0 unspecified atom stereocenters. The number of carbonyl (C=O) groups excluding carboxylic acids is 1. The molecule has 16 heavy (non-hydrogen) atoms. The maximum atomic E-state index is 11.5. The first-order chi connectivity index (χ1) is 7.69. The number of hydrogen-bond donors (Lipinski definition) is 0. The van der Waals surface area contributed by atoms with Gasteiger partial charge in [-0.3, -0.25) is 4.79 Å². The van der Waals surface area contributed by atoms with Crippen molar-refractivity contribution in [1.82, 2.24) is 4.57 Å². The van der Waals surface area contributed by atoms with E-state index in [1.807, 2.05) is 29.8 Å². The minimum atomic E-state index is 0.0345. The lowest BCUT2D eigenvalue weighted by molar-refractivity contribution is 0.101. The molecule has 0 spiro atoms. The number of nitriles is 1. The van der Waals surface area contributed by atoms with Gasteiger partial charge in [0, 0.05) is 23.7 Å². The van der Waals surface area contributed by atoms with Gasteiger partial charge in [0.2, 0.25) is 0 Å². The van der Waals surface area contributed by atoms with Crippen LogP contribution in [0.5, 0.6) is 0 Å². The molecule has 0 N–H and O–H groups in total. The summed E-state index contributed by atoms with van der Waals surface area (Å²) in [6.07, 6.45) is 1.83. The van der Waals surface area contributed by atoms with Crippen LogP contribution in [0.3, 0.4) is 0 Å². The fourth-order valence-electron chi connectivity index (χ4n) is 1.98. The molecule has 80 valence electrons. The number of nitrogens with zero attached hydrogens (tertiary/aromatic N) is 2. The van der Waals surface area contributed by atoms with Gasteiger partial charge >= 0.3 is 0 Å². The molecule has 2 aromatic rings. The number of aryl methyl sites for hydroxylation is 1. The van der Waals surface area contributed by atoms with Crippen molar-refractivity contribution in [3.05, 3.63) is 35.5 Å². The average molecular weight is 212 g/mol. The molecule has 0 bridgehead atoms. The fourth-order valence-corrected chi connectivity index (χ4v) is 1.98. The molecular formula is C13H12N2O. The van der Waals surface area contributed by atoms with Gasteiger partial charge < -0.3 is 4.57 Å². The summed E-state index contributed by atoms with van der Waals surface area (Å²) in [6, 6.07) is 7.64. The molecule has 1 aromatic carbocycles. The van der Waals surface area contributed by atoms with Crippen molar-refractivity contribution in [2.75, 3.05) is 0 Å². The van der Waals surface area contributed by atoms with Crippen LogP contribution >= 0.6 is 0 Å². The van der Waals surface area contributed by atoms with Gasteiger partial charge in [0.1, 0.15) is 6.07 Å². The highest BCUT2D eigenvalue weighted by molar-refractivity contribution is 6.08. The van der Waals surface area contributed by atoms with Gasteiger partial charge in [0.25, 0.3) is 0 Å². The van der Waals surface area contributed by atoms with E-state index in [9.17, 15) is 4.79 Å². The summed E-state index contributed by atoms with van der Waals surface area (Å²) >= 11 is 0. The Labute approximate surface area is 93.9 Å². The summed E-state index contributed by atoms with van der Waals surface area (Å²) in [5.74, 6) is 0.0345. The maximum Gasteiger partial charge on any atom is 0.161 e. The van der Waals surface area contributed by atoms with Crippen LogP contribution in [0.2, 0.25) is 0 Å². The Morgan fingerprint density at radius 3 is 2.81 bits per heavy atom. The zero-order valence-corrected chi connectivity index (χ0v) is 9.32. The lowest BCUT2D eigenvalue weighted by Crippen LogP contribution is -1.93. The highest BCUT2D eigenvalue weighted by Crippen LogP contribution is 2.24. The molecule has 0 aliphatic rings. The smallest absolute Gasteiger partial charge is 0.161 e. The normalized spacial score (nSPS) is 10.3. The number of carbonyl (C=O) groups is 1. The molecule has 0 aliphatic heterocycles. The summed E-state index contributed by atoms with van der Waals surface area (Å²) < 4.78 is 1.95. The van der Waals surface area contributed by atoms with Crippen LogP contribution in [-0.2, 0) is 6.54 Å². The van der Waals surface area contributed by atoms with E-state index in [-0.39, 0.29) is 5.78 Å². The van der Waals surface area contributed by atoms with Crippen molar-refractivity contribution in [3.8, 4) is 6.07 Å². The predicted octanol–water partition coefficient (Wildman–Crippen LogP) is 2.74. The molecule has 0 saturated heterocycles. The third kappa shape index (κ3) is 1.40. The highest BCUT2D eigenvalue weighted by atomic mass is 16.1. The summed E-state index contributed by atoms with van der Waals surface area (Å²) in [4.78, 5) is 11.5. The molecule has 0 aliphatic carbocycles. The predicted molar refractivity (Wildman–Crippen MR) is 62.3 cm³/mol. The number of hydrogen-bond acceptors (Lipinski definition) is 2. The van der Waals surface area contributed by atoms with Gasteiger partial charge in [-0.2, -0.15) is 5.26 Å². The van der Waals surface area contributed by atoms with Gasteiger partial charge in [-0.15, -0.1) is 0 Å². The molecule has 1 aromatic heterocycles. The van der Waals surface area contributed by atoms with Crippen molar-refractivity contribution in [2.24, 2.45) is 0 Å². The monoisotopic (exact) mass is 212 g/mol. The number of benzene rings is 1. The number of rotatable bonds is 2. The lowest BCUT2D eigenvalue weighted by atomic mass is 10.1. The molecule has 3 heteroatoms. The van der Waals surface area contributed by atoms with Crippen LogP contribution in [0.15, 0.2) is 24.4 Å². The zero-order valence-electron chi connectivity index (χ0n) is 9.32. The van der Waals surface area contributed by atoms with Crippen molar-refractivity contribution < 1.29 is 4.79 Å². The van der Waals surface area contributed by atoms with Crippen molar-refractivity contribution in [3.63, 3.8) is 0 Å². The van der Waals surface area contributed by atoms with E-state index in [0.29, 0.717) is 11.1 Å². The van der Waals surface area contributed by atoms with Crippen LogP contribution in [-0.4, -0.2) is 10.4 Å². The van der Waals surface area contributed by atoms with Crippen LogP contribution < -0.4 is 0 Å². The summed E-state index contributed by atoms with van der Waals surface area (Å²) in [5, 5.41) is 9.92. The molecule has 3 nitrogen and oxygen atoms in total. The van der Waals surface area contributed by atoms with Crippen LogP contribution in [0.4, 0.5) is 0 Å². The number of Topliss-reactive ketones (excluding diaryl/α,β-unsaturated/α-hetero) is 1. The van der Waals surface area contributed by atoms with E-state index in [4.69, 9.17) is 5.26 Å². The maximum absolute atomic E-state index is 11.5. The van der Waals surface area contributed by atoms with Crippen molar-refractivity contribution in [1.29, 1.82) is 5.26 Å². The van der Waals surface area contributed by atoms with Gasteiger partial charge in [-0.1, -0.05) is 12.1 Å². The zero-order chi connectivity index (χ0) is 11.7. The van der Waals surface area contributed by atoms with Crippen molar-refractivity contribution in [2.45, 2.75) is 20.4 Å². The Balaban J connectivity index is 2.91. The molecule has 2 rings (SSSR count). The van der Waals surface area contributed by atoms with E-state index in [1.165, 1.54) is 0 Å². The Bertz CT molecular complexity index is 602. The number of para-hydroxylation sites is 1. The lowest BCUT2D eigenvalue weighted by Gasteiger charge is -2.01. The van der Waals surface area contributed by atoms with Gasteiger partial charge in [-0.05, 0) is 19.9 Å². The quantitative estimate of drug-likeness (QED) is 0.718. The summed E-state index contributed by atoms with van der Waals surface area (Å²) in [6.45, 7) is 4.30. The van der Waals surface area contributed by atoms with Crippen LogP contribution in [0.1, 0.15) is 29.8 Å². The van der Waals surface area contributed by atoms with Gasteiger partial charge in [-0.25, -0.2) is 0 Å². The molecule has 0 saturated carbocycles. The first-order valence-electron chi connectivity index (χ1n) is 5.22. The number of aromatic nitrogens is 1. The SMILES string of the molecule is CCn1cc(C(C)=O)c2cccc(C#N)c21. The second kappa shape index (κ2) is 3.82. The topological polar surface area (TPSA) is 45.8 Å². The highest BCUT2D eigenvalue weighted by Gasteiger charge is 2.13. The van der Waals surface area contributed by atoms with Crippen molar-refractivity contribution >= 4 is 16.7 Å². The van der Waals surface area contributed by atoms with E-state index >= 15 is 0 Å². The largest absolute Gasteiger partial charge is 0.346 e. The van der Waals surface area contributed by atoms with E-state index < -0.39 is 0 Å². The van der Waals surface area contributed by atoms with Gasteiger partial charge in [0.15, 0.2) is 5.78 Å². The summed E-state index contributed by atoms with van der Waals surface area (Å²) in [5.41, 5.74) is 2.17. The number of ketones is 1. The standard InChI is InChI=1S/C13H12N2O/c1-3-15-8-12(9(2)16)11-6-4-5-10(7-14)13(11)15/h4-6,8H,3H2,1-2H3. The second-order valence-electron chi connectivity index (χ2n) is 3.70. The first kappa shape index (κ1) is 10.4. The molecule has 1 heterocycles. The summed E-state index contributed by atoms with van der Waals surface area (Å²) in [7, 11) is 0. The van der Waals surface area contributed by atoms with Crippen LogP contribution in [0.25, 0.3) is 10.9 Å². The number of fused-ring (bicyclic) bond motifs is 1. The Morgan fingerprint density at radius 1 is 1.50 bits per heavy atom. The van der Waals surface area contributed by atoms with E-state index in [1.54, 1.807) is 13.0 Å².